The fourth-order valence-corrected chi connectivity index (χ4v) is 3.13. The van der Waals surface area contributed by atoms with Crippen LogP contribution in [0.3, 0.4) is 0 Å². The van der Waals surface area contributed by atoms with Gasteiger partial charge in [-0.1, -0.05) is 12.1 Å². The summed E-state index contributed by atoms with van der Waals surface area (Å²) in [5.41, 5.74) is 0.895. The number of benzene rings is 1. The third-order valence-corrected chi connectivity index (χ3v) is 4.22. The number of hydrogen-bond donors (Lipinski definition) is 1. The van der Waals surface area contributed by atoms with Crippen LogP contribution in [0.2, 0.25) is 0 Å². The SMILES string of the molecule is O=C1N=C(N2CCCC2)S/C1=C\c1ccc(O)cc1. The molecule has 1 aromatic carbocycles. The number of hydrogen-bond acceptors (Lipinski definition) is 4. The van der Waals surface area contributed by atoms with Gasteiger partial charge in [0.05, 0.1) is 4.91 Å². The summed E-state index contributed by atoms with van der Waals surface area (Å²) in [5.74, 6) is 0.0570. The van der Waals surface area contributed by atoms with Crippen molar-refractivity contribution < 1.29 is 9.90 Å². The van der Waals surface area contributed by atoms with E-state index in [0.29, 0.717) is 4.91 Å². The maximum absolute atomic E-state index is 11.9. The highest BCUT2D eigenvalue weighted by Crippen LogP contribution is 2.31. The quantitative estimate of drug-likeness (QED) is 0.799. The number of thioether (sulfide) groups is 1. The number of carbonyl (C=O) groups excluding carboxylic acids is 1. The average molecular weight is 274 g/mol. The lowest BCUT2D eigenvalue weighted by molar-refractivity contribution is -0.113. The highest BCUT2D eigenvalue weighted by Gasteiger charge is 2.27. The van der Waals surface area contributed by atoms with Crippen LogP contribution in [0, 0.1) is 0 Å². The van der Waals surface area contributed by atoms with Crippen molar-refractivity contribution in [2.45, 2.75) is 12.8 Å². The van der Waals surface area contributed by atoms with Gasteiger partial charge in [-0.25, -0.2) is 0 Å². The molecule has 0 spiro atoms. The van der Waals surface area contributed by atoms with E-state index in [4.69, 9.17) is 0 Å². The number of rotatable bonds is 1. The van der Waals surface area contributed by atoms with Crippen molar-refractivity contribution in [1.29, 1.82) is 0 Å². The van der Waals surface area contributed by atoms with Crippen molar-refractivity contribution in [2.75, 3.05) is 13.1 Å². The molecule has 5 heteroatoms. The summed E-state index contributed by atoms with van der Waals surface area (Å²) in [4.78, 5) is 18.8. The highest BCUT2D eigenvalue weighted by molar-refractivity contribution is 8.18. The standard InChI is InChI=1S/C14H14N2O2S/c17-11-5-3-10(4-6-11)9-12-13(18)15-14(19-12)16-7-1-2-8-16/h3-6,9,17H,1-2,7-8H2/b12-9-. The van der Waals surface area contributed by atoms with Crippen molar-refractivity contribution in [3.63, 3.8) is 0 Å². The van der Waals surface area contributed by atoms with Gasteiger partial charge in [-0.2, -0.15) is 4.99 Å². The van der Waals surface area contributed by atoms with E-state index in [1.807, 2.05) is 6.08 Å². The van der Waals surface area contributed by atoms with Crippen LogP contribution in [0.5, 0.6) is 5.75 Å². The Hall–Kier alpha value is -1.75. The maximum atomic E-state index is 11.9. The molecule has 1 fully saturated rings. The first kappa shape index (κ1) is 12.3. The Morgan fingerprint density at radius 1 is 1.21 bits per heavy atom. The molecule has 4 nitrogen and oxygen atoms in total. The van der Waals surface area contributed by atoms with Crippen LogP contribution in [0.1, 0.15) is 18.4 Å². The van der Waals surface area contributed by atoms with E-state index in [2.05, 4.69) is 9.89 Å². The van der Waals surface area contributed by atoms with Gasteiger partial charge in [-0.15, -0.1) is 0 Å². The third kappa shape index (κ3) is 2.66. The van der Waals surface area contributed by atoms with E-state index in [9.17, 15) is 9.90 Å². The number of amidine groups is 1. The topological polar surface area (TPSA) is 52.9 Å². The number of phenols is 1. The van der Waals surface area contributed by atoms with Crippen molar-refractivity contribution in [3.05, 3.63) is 34.7 Å². The first-order chi connectivity index (χ1) is 9.22. The van der Waals surface area contributed by atoms with Gasteiger partial charge in [0.2, 0.25) is 0 Å². The predicted molar refractivity (Wildman–Crippen MR) is 76.9 cm³/mol. The molecule has 0 radical (unpaired) electrons. The molecule has 0 saturated carbocycles. The van der Waals surface area contributed by atoms with Gasteiger partial charge in [-0.05, 0) is 48.4 Å². The summed E-state index contributed by atoms with van der Waals surface area (Å²) in [6, 6.07) is 6.78. The second kappa shape index (κ2) is 5.09. The van der Waals surface area contributed by atoms with Crippen LogP contribution in [0.4, 0.5) is 0 Å². The van der Waals surface area contributed by atoms with Crippen molar-refractivity contribution in [2.24, 2.45) is 4.99 Å². The van der Waals surface area contributed by atoms with E-state index in [1.165, 1.54) is 24.6 Å². The molecule has 1 amide bonds. The molecule has 2 heterocycles. The zero-order valence-corrected chi connectivity index (χ0v) is 11.2. The van der Waals surface area contributed by atoms with Gasteiger partial charge in [0.25, 0.3) is 5.91 Å². The van der Waals surface area contributed by atoms with Crippen LogP contribution < -0.4 is 0 Å². The van der Waals surface area contributed by atoms with E-state index >= 15 is 0 Å². The lowest BCUT2D eigenvalue weighted by Gasteiger charge is -2.14. The minimum atomic E-state index is -0.167. The fourth-order valence-electron chi connectivity index (χ4n) is 2.16. The Kier molecular flexibility index (Phi) is 3.29. The zero-order chi connectivity index (χ0) is 13.2. The van der Waals surface area contributed by atoms with E-state index in [-0.39, 0.29) is 11.7 Å². The Morgan fingerprint density at radius 2 is 1.89 bits per heavy atom. The van der Waals surface area contributed by atoms with E-state index < -0.39 is 0 Å². The van der Waals surface area contributed by atoms with Gasteiger partial charge in [0.15, 0.2) is 5.17 Å². The van der Waals surface area contributed by atoms with Crippen molar-refractivity contribution in [3.8, 4) is 5.75 Å². The van der Waals surface area contributed by atoms with E-state index in [0.717, 1.165) is 23.8 Å². The lowest BCUT2D eigenvalue weighted by atomic mass is 10.2. The average Bonchev–Trinajstić information content (AvgIpc) is 3.03. The molecule has 3 rings (SSSR count). The maximum Gasteiger partial charge on any atom is 0.286 e. The Balaban J connectivity index is 1.77. The van der Waals surface area contributed by atoms with Gasteiger partial charge < -0.3 is 10.0 Å². The minimum absolute atomic E-state index is 0.167. The van der Waals surface area contributed by atoms with Crippen LogP contribution in [-0.2, 0) is 4.79 Å². The third-order valence-electron chi connectivity index (χ3n) is 3.18. The molecule has 19 heavy (non-hydrogen) atoms. The smallest absolute Gasteiger partial charge is 0.286 e. The molecule has 98 valence electrons. The second-order valence-corrected chi connectivity index (χ2v) is 5.60. The molecule has 2 aliphatic rings. The number of aromatic hydroxyl groups is 1. The Bertz CT molecular complexity index is 557. The molecule has 0 aliphatic carbocycles. The lowest BCUT2D eigenvalue weighted by Crippen LogP contribution is -2.23. The summed E-state index contributed by atoms with van der Waals surface area (Å²) in [6.07, 6.45) is 4.16. The Labute approximate surface area is 115 Å². The van der Waals surface area contributed by atoms with Crippen LogP contribution in [-0.4, -0.2) is 34.2 Å². The fraction of sp³-hybridized carbons (Fsp3) is 0.286. The van der Waals surface area contributed by atoms with Gasteiger partial charge >= 0.3 is 0 Å². The predicted octanol–water partition coefficient (Wildman–Crippen LogP) is 2.46. The molecule has 0 unspecified atom stereocenters. The number of aliphatic imine (C=N–C) groups is 1. The summed E-state index contributed by atoms with van der Waals surface area (Å²) < 4.78 is 0. The normalized spacial score (nSPS) is 21.3. The van der Waals surface area contributed by atoms with Crippen LogP contribution in [0.25, 0.3) is 6.08 Å². The van der Waals surface area contributed by atoms with Gasteiger partial charge in [-0.3, -0.25) is 4.79 Å². The van der Waals surface area contributed by atoms with E-state index in [1.54, 1.807) is 24.3 Å². The zero-order valence-electron chi connectivity index (χ0n) is 10.4. The summed E-state index contributed by atoms with van der Waals surface area (Å²) in [6.45, 7) is 1.98. The second-order valence-electron chi connectivity index (χ2n) is 4.60. The number of carbonyl (C=O) groups is 1. The van der Waals surface area contributed by atoms with Gasteiger partial charge in [0.1, 0.15) is 5.75 Å². The number of likely N-dealkylation sites (tertiary alicyclic amines) is 1. The number of nitrogens with zero attached hydrogens (tertiary/aromatic N) is 2. The molecule has 2 aliphatic heterocycles. The molecule has 1 aromatic rings. The summed E-state index contributed by atoms with van der Waals surface area (Å²) in [7, 11) is 0. The number of amides is 1. The molecule has 0 aromatic heterocycles. The molecular weight excluding hydrogens is 260 g/mol. The molecule has 1 saturated heterocycles. The van der Waals surface area contributed by atoms with Crippen LogP contribution in [0.15, 0.2) is 34.2 Å². The molecule has 1 N–H and O–H groups in total. The van der Waals surface area contributed by atoms with Crippen molar-refractivity contribution in [1.82, 2.24) is 4.90 Å². The first-order valence-corrected chi connectivity index (χ1v) is 7.10. The number of phenolic OH excluding ortho intramolecular Hbond substituents is 1. The van der Waals surface area contributed by atoms with Crippen molar-refractivity contribution >= 4 is 28.9 Å². The highest BCUT2D eigenvalue weighted by atomic mass is 32.2. The minimum Gasteiger partial charge on any atom is -0.508 e. The van der Waals surface area contributed by atoms with Crippen LogP contribution >= 0.6 is 11.8 Å². The summed E-state index contributed by atoms with van der Waals surface area (Å²) >= 11 is 1.44. The molecule has 0 atom stereocenters. The molecular formula is C14H14N2O2S. The monoisotopic (exact) mass is 274 g/mol. The Morgan fingerprint density at radius 3 is 2.58 bits per heavy atom. The van der Waals surface area contributed by atoms with Gasteiger partial charge in [0, 0.05) is 13.1 Å². The summed E-state index contributed by atoms with van der Waals surface area (Å²) in [5, 5.41) is 10.1. The molecule has 0 bridgehead atoms. The largest absolute Gasteiger partial charge is 0.508 e. The first-order valence-electron chi connectivity index (χ1n) is 6.29.